The third kappa shape index (κ3) is 2.81. The molecule has 0 saturated carbocycles. The molecular weight excluding hydrogens is 222 g/mol. The predicted octanol–water partition coefficient (Wildman–Crippen LogP) is 1.78. The van der Waals surface area contributed by atoms with E-state index in [1.807, 2.05) is 25.1 Å². The van der Waals surface area contributed by atoms with Crippen LogP contribution >= 0.6 is 0 Å². The van der Waals surface area contributed by atoms with Gasteiger partial charge in [-0.1, -0.05) is 0 Å². The Balaban J connectivity index is 1.97. The maximum absolute atomic E-state index is 11.1. The smallest absolute Gasteiger partial charge is 0.307 e. The lowest BCUT2D eigenvalue weighted by Gasteiger charge is -2.14. The normalized spacial score (nSPS) is 14.2. The molecule has 5 heteroatoms. The Bertz CT molecular complexity index is 419. The summed E-state index contributed by atoms with van der Waals surface area (Å²) in [5, 5.41) is 3.20. The number of methoxy groups -OCH3 is 1. The largest absolute Gasteiger partial charge is 0.469 e. The van der Waals surface area contributed by atoms with Gasteiger partial charge in [-0.15, -0.1) is 0 Å². The van der Waals surface area contributed by atoms with Crippen molar-refractivity contribution in [1.29, 1.82) is 0 Å². The van der Waals surface area contributed by atoms with Crippen LogP contribution in [0.5, 0.6) is 11.5 Å². The number of carbonyl (C=O) groups excluding carboxylic acids is 1. The van der Waals surface area contributed by atoms with Crippen molar-refractivity contribution in [1.82, 2.24) is 0 Å². The molecule has 5 nitrogen and oxygen atoms in total. The molecule has 0 amide bonds. The third-order valence-electron chi connectivity index (χ3n) is 2.49. The van der Waals surface area contributed by atoms with Gasteiger partial charge < -0.3 is 19.5 Å². The lowest BCUT2D eigenvalue weighted by Crippen LogP contribution is -2.20. The molecule has 1 aliphatic rings. The van der Waals surface area contributed by atoms with Crippen molar-refractivity contribution in [2.24, 2.45) is 0 Å². The number of ether oxygens (including phenoxy) is 3. The van der Waals surface area contributed by atoms with E-state index in [1.165, 1.54) is 7.11 Å². The van der Waals surface area contributed by atoms with Crippen LogP contribution in [0, 0.1) is 0 Å². The van der Waals surface area contributed by atoms with E-state index in [4.69, 9.17) is 9.47 Å². The lowest BCUT2D eigenvalue weighted by molar-refractivity contribution is -0.140. The van der Waals surface area contributed by atoms with Crippen LogP contribution in [0.2, 0.25) is 0 Å². The van der Waals surface area contributed by atoms with E-state index in [0.717, 1.165) is 17.2 Å². The minimum absolute atomic E-state index is 0.00261. The van der Waals surface area contributed by atoms with Gasteiger partial charge in [-0.25, -0.2) is 0 Å². The summed E-state index contributed by atoms with van der Waals surface area (Å²) in [5.41, 5.74) is 0.894. The number of benzene rings is 1. The van der Waals surface area contributed by atoms with Crippen molar-refractivity contribution in [3.63, 3.8) is 0 Å². The molecule has 0 spiro atoms. The third-order valence-corrected chi connectivity index (χ3v) is 2.49. The van der Waals surface area contributed by atoms with Gasteiger partial charge in [0.15, 0.2) is 11.5 Å². The van der Waals surface area contributed by atoms with Crippen molar-refractivity contribution in [3.8, 4) is 11.5 Å². The van der Waals surface area contributed by atoms with Crippen LogP contribution in [-0.4, -0.2) is 25.9 Å². The number of esters is 1. The number of hydrogen-bond acceptors (Lipinski definition) is 5. The van der Waals surface area contributed by atoms with E-state index < -0.39 is 0 Å². The molecule has 0 fully saturated rings. The van der Waals surface area contributed by atoms with Crippen LogP contribution in [0.3, 0.4) is 0 Å². The Labute approximate surface area is 99.7 Å². The summed E-state index contributed by atoms with van der Waals surface area (Å²) in [7, 11) is 1.38. The molecule has 0 saturated heterocycles. The highest BCUT2D eigenvalue weighted by Gasteiger charge is 2.14. The number of fused-ring (bicyclic) bond motifs is 1. The van der Waals surface area contributed by atoms with Gasteiger partial charge in [-0.3, -0.25) is 4.79 Å². The van der Waals surface area contributed by atoms with E-state index in [9.17, 15) is 4.79 Å². The van der Waals surface area contributed by atoms with Crippen molar-refractivity contribution in [2.45, 2.75) is 19.4 Å². The van der Waals surface area contributed by atoms with E-state index >= 15 is 0 Å². The van der Waals surface area contributed by atoms with Crippen LogP contribution in [-0.2, 0) is 9.53 Å². The fourth-order valence-corrected chi connectivity index (χ4v) is 1.66. The summed E-state index contributed by atoms with van der Waals surface area (Å²) in [4.78, 5) is 11.1. The van der Waals surface area contributed by atoms with Crippen molar-refractivity contribution in [3.05, 3.63) is 18.2 Å². The molecule has 0 bridgehead atoms. The van der Waals surface area contributed by atoms with Gasteiger partial charge in [-0.2, -0.15) is 0 Å². The number of anilines is 1. The van der Waals surface area contributed by atoms with Crippen molar-refractivity contribution >= 4 is 11.7 Å². The summed E-state index contributed by atoms with van der Waals surface area (Å²) in [6.45, 7) is 2.18. The lowest BCUT2D eigenvalue weighted by atomic mass is 10.2. The first kappa shape index (κ1) is 11.6. The maximum atomic E-state index is 11.1. The van der Waals surface area contributed by atoms with Crippen LogP contribution in [0.1, 0.15) is 13.3 Å². The highest BCUT2D eigenvalue weighted by molar-refractivity contribution is 5.70. The molecule has 2 rings (SSSR count). The fourth-order valence-electron chi connectivity index (χ4n) is 1.66. The molecule has 1 unspecified atom stereocenters. The predicted molar refractivity (Wildman–Crippen MR) is 62.3 cm³/mol. The number of carbonyl (C=O) groups is 1. The van der Waals surface area contributed by atoms with Crippen molar-refractivity contribution in [2.75, 3.05) is 19.2 Å². The second-order valence-corrected chi connectivity index (χ2v) is 3.89. The Morgan fingerprint density at radius 2 is 2.24 bits per heavy atom. The monoisotopic (exact) mass is 237 g/mol. The number of nitrogens with one attached hydrogen (secondary N) is 1. The van der Waals surface area contributed by atoms with Crippen LogP contribution in [0.15, 0.2) is 18.2 Å². The average molecular weight is 237 g/mol. The molecule has 0 radical (unpaired) electrons. The average Bonchev–Trinajstić information content (AvgIpc) is 2.75. The van der Waals surface area contributed by atoms with Gasteiger partial charge in [-0.05, 0) is 19.1 Å². The zero-order chi connectivity index (χ0) is 12.3. The first-order valence-electron chi connectivity index (χ1n) is 5.42. The summed E-state index contributed by atoms with van der Waals surface area (Å²) in [6, 6.07) is 5.59. The van der Waals surface area contributed by atoms with Crippen LogP contribution in [0.4, 0.5) is 5.69 Å². The molecular formula is C12H15NO4. The number of hydrogen-bond donors (Lipinski definition) is 1. The van der Waals surface area contributed by atoms with Gasteiger partial charge in [0.05, 0.1) is 13.5 Å². The van der Waals surface area contributed by atoms with Gasteiger partial charge in [0, 0.05) is 17.8 Å². The first-order chi connectivity index (χ1) is 8.19. The molecule has 1 atom stereocenters. The molecule has 92 valence electrons. The van der Waals surface area contributed by atoms with Crippen LogP contribution < -0.4 is 14.8 Å². The molecule has 1 aliphatic heterocycles. The summed E-state index contributed by atoms with van der Waals surface area (Å²) in [5.74, 6) is 1.24. The zero-order valence-corrected chi connectivity index (χ0v) is 9.86. The van der Waals surface area contributed by atoms with Crippen molar-refractivity contribution < 1.29 is 19.0 Å². The molecule has 0 aliphatic carbocycles. The second kappa shape index (κ2) is 4.95. The SMILES string of the molecule is COC(=O)CC(C)Nc1ccc2c(c1)OCO2. The second-order valence-electron chi connectivity index (χ2n) is 3.89. The Morgan fingerprint density at radius 3 is 3.00 bits per heavy atom. The van der Waals surface area contributed by atoms with Gasteiger partial charge in [0.2, 0.25) is 6.79 Å². The Kier molecular flexibility index (Phi) is 3.37. The van der Waals surface area contributed by atoms with Gasteiger partial charge in [0.25, 0.3) is 0 Å². The minimum Gasteiger partial charge on any atom is -0.469 e. The highest BCUT2D eigenvalue weighted by Crippen LogP contribution is 2.34. The van der Waals surface area contributed by atoms with Gasteiger partial charge in [0.1, 0.15) is 0 Å². The quantitative estimate of drug-likeness (QED) is 0.809. The molecule has 1 N–H and O–H groups in total. The Morgan fingerprint density at radius 1 is 1.47 bits per heavy atom. The molecule has 1 aromatic rings. The molecule has 17 heavy (non-hydrogen) atoms. The molecule has 0 aromatic heterocycles. The fraction of sp³-hybridized carbons (Fsp3) is 0.417. The zero-order valence-electron chi connectivity index (χ0n) is 9.86. The summed E-state index contributed by atoms with van der Waals surface area (Å²) >= 11 is 0. The standard InChI is InChI=1S/C12H15NO4/c1-8(5-12(14)15-2)13-9-3-4-10-11(6-9)17-7-16-10/h3-4,6,8,13H,5,7H2,1-2H3. The first-order valence-corrected chi connectivity index (χ1v) is 5.42. The van der Waals surface area contributed by atoms with E-state index in [1.54, 1.807) is 0 Å². The van der Waals surface area contributed by atoms with Crippen LogP contribution in [0.25, 0.3) is 0 Å². The summed E-state index contributed by atoms with van der Waals surface area (Å²) < 4.78 is 15.1. The maximum Gasteiger partial charge on any atom is 0.307 e. The Hall–Kier alpha value is -1.91. The highest BCUT2D eigenvalue weighted by atomic mass is 16.7. The molecule has 1 heterocycles. The van der Waals surface area contributed by atoms with E-state index in [2.05, 4.69) is 10.1 Å². The van der Waals surface area contributed by atoms with E-state index in [-0.39, 0.29) is 18.8 Å². The summed E-state index contributed by atoms with van der Waals surface area (Å²) in [6.07, 6.45) is 0.324. The topological polar surface area (TPSA) is 56.8 Å². The van der Waals surface area contributed by atoms with Gasteiger partial charge >= 0.3 is 5.97 Å². The van der Waals surface area contributed by atoms with E-state index in [0.29, 0.717) is 6.42 Å². The minimum atomic E-state index is -0.231. The molecule has 1 aromatic carbocycles. The number of rotatable bonds is 4.